The maximum absolute atomic E-state index is 11.7. The highest BCUT2D eigenvalue weighted by Gasteiger charge is 2.30. The molecule has 0 aromatic carbocycles. The van der Waals surface area contributed by atoms with Crippen molar-refractivity contribution in [1.29, 1.82) is 0 Å². The van der Waals surface area contributed by atoms with E-state index < -0.39 is 10.2 Å². The molecule has 1 aliphatic heterocycles. The SMILES string of the molecule is CCNCC1CCCCN1S(=O)(=O)NC. The van der Waals surface area contributed by atoms with Crippen molar-refractivity contribution in [1.82, 2.24) is 14.3 Å². The van der Waals surface area contributed by atoms with E-state index in [9.17, 15) is 8.42 Å². The van der Waals surface area contributed by atoms with Gasteiger partial charge in [-0.25, -0.2) is 4.72 Å². The van der Waals surface area contributed by atoms with Crippen molar-refractivity contribution in [2.24, 2.45) is 0 Å². The highest BCUT2D eigenvalue weighted by molar-refractivity contribution is 7.87. The molecule has 0 bridgehead atoms. The molecule has 6 heteroatoms. The Morgan fingerprint density at radius 2 is 2.13 bits per heavy atom. The van der Waals surface area contributed by atoms with Crippen LogP contribution in [0.1, 0.15) is 26.2 Å². The summed E-state index contributed by atoms with van der Waals surface area (Å²) in [6.07, 6.45) is 3.03. The number of rotatable bonds is 5. The molecule has 0 aromatic heterocycles. The minimum atomic E-state index is -3.26. The first-order valence-electron chi connectivity index (χ1n) is 5.53. The van der Waals surface area contributed by atoms with Gasteiger partial charge in [-0.15, -0.1) is 0 Å². The van der Waals surface area contributed by atoms with Crippen LogP contribution in [0.2, 0.25) is 0 Å². The van der Waals surface area contributed by atoms with E-state index in [-0.39, 0.29) is 6.04 Å². The van der Waals surface area contributed by atoms with Crippen molar-refractivity contribution in [2.45, 2.75) is 32.2 Å². The molecule has 1 heterocycles. The van der Waals surface area contributed by atoms with Crippen LogP contribution in [0, 0.1) is 0 Å². The molecular formula is C9H21N3O2S. The molecule has 0 saturated carbocycles. The summed E-state index contributed by atoms with van der Waals surface area (Å²) in [6.45, 7) is 4.29. The minimum Gasteiger partial charge on any atom is -0.315 e. The predicted molar refractivity (Wildman–Crippen MR) is 60.9 cm³/mol. The first kappa shape index (κ1) is 12.9. The van der Waals surface area contributed by atoms with Crippen molar-refractivity contribution in [3.8, 4) is 0 Å². The van der Waals surface area contributed by atoms with Crippen molar-refractivity contribution >= 4 is 10.2 Å². The molecule has 15 heavy (non-hydrogen) atoms. The van der Waals surface area contributed by atoms with Gasteiger partial charge in [-0.3, -0.25) is 0 Å². The second-order valence-electron chi connectivity index (χ2n) is 3.78. The molecule has 2 N–H and O–H groups in total. The van der Waals surface area contributed by atoms with Gasteiger partial charge < -0.3 is 5.32 Å². The zero-order chi connectivity index (χ0) is 11.3. The Morgan fingerprint density at radius 1 is 1.40 bits per heavy atom. The van der Waals surface area contributed by atoms with Crippen LogP contribution >= 0.6 is 0 Å². The molecule has 1 rings (SSSR count). The summed E-state index contributed by atoms with van der Waals surface area (Å²) in [5, 5.41) is 3.21. The first-order valence-corrected chi connectivity index (χ1v) is 6.97. The van der Waals surface area contributed by atoms with Gasteiger partial charge >= 0.3 is 0 Å². The summed E-state index contributed by atoms with van der Waals surface area (Å²) < 4.78 is 27.4. The van der Waals surface area contributed by atoms with Crippen molar-refractivity contribution in [2.75, 3.05) is 26.7 Å². The van der Waals surface area contributed by atoms with Crippen LogP contribution in [0.25, 0.3) is 0 Å². The highest BCUT2D eigenvalue weighted by atomic mass is 32.2. The summed E-state index contributed by atoms with van der Waals surface area (Å²) in [5.74, 6) is 0. The lowest BCUT2D eigenvalue weighted by Gasteiger charge is -2.34. The molecular weight excluding hydrogens is 214 g/mol. The van der Waals surface area contributed by atoms with Gasteiger partial charge in [0.05, 0.1) is 0 Å². The van der Waals surface area contributed by atoms with Gasteiger partial charge in [-0.1, -0.05) is 13.3 Å². The largest absolute Gasteiger partial charge is 0.315 e. The molecule has 5 nitrogen and oxygen atoms in total. The van der Waals surface area contributed by atoms with Crippen molar-refractivity contribution in [3.05, 3.63) is 0 Å². The number of nitrogens with zero attached hydrogens (tertiary/aromatic N) is 1. The number of hydrogen-bond donors (Lipinski definition) is 2. The van der Waals surface area contributed by atoms with E-state index in [1.165, 1.54) is 7.05 Å². The Labute approximate surface area is 92.4 Å². The second-order valence-corrected chi connectivity index (χ2v) is 5.60. The van der Waals surface area contributed by atoms with Gasteiger partial charge in [0, 0.05) is 26.2 Å². The zero-order valence-electron chi connectivity index (χ0n) is 9.49. The molecule has 90 valence electrons. The number of hydrogen-bond acceptors (Lipinski definition) is 3. The summed E-state index contributed by atoms with van der Waals surface area (Å²) in [5.41, 5.74) is 0. The molecule has 1 atom stereocenters. The summed E-state index contributed by atoms with van der Waals surface area (Å²) >= 11 is 0. The van der Waals surface area contributed by atoms with E-state index in [0.717, 1.165) is 32.4 Å². The summed E-state index contributed by atoms with van der Waals surface area (Å²) in [6, 6.07) is 0.108. The van der Waals surface area contributed by atoms with Crippen LogP contribution in [0.4, 0.5) is 0 Å². The molecule has 0 aromatic rings. The van der Waals surface area contributed by atoms with E-state index in [0.29, 0.717) is 6.54 Å². The van der Waals surface area contributed by atoms with Gasteiger partial charge in [0.2, 0.25) is 0 Å². The molecule has 0 radical (unpaired) electrons. The van der Waals surface area contributed by atoms with E-state index in [1.807, 2.05) is 6.92 Å². The van der Waals surface area contributed by atoms with Crippen LogP contribution in [-0.4, -0.2) is 45.4 Å². The van der Waals surface area contributed by atoms with Crippen LogP contribution < -0.4 is 10.0 Å². The van der Waals surface area contributed by atoms with E-state index in [1.54, 1.807) is 4.31 Å². The summed E-state index contributed by atoms with van der Waals surface area (Å²) in [7, 11) is -1.79. The maximum atomic E-state index is 11.7. The van der Waals surface area contributed by atoms with Crippen LogP contribution in [0.15, 0.2) is 0 Å². The first-order chi connectivity index (χ1) is 7.11. The number of likely N-dealkylation sites (N-methyl/N-ethyl adjacent to an activating group) is 1. The quantitative estimate of drug-likeness (QED) is 0.700. The monoisotopic (exact) mass is 235 g/mol. The van der Waals surface area contributed by atoms with Crippen molar-refractivity contribution in [3.63, 3.8) is 0 Å². The van der Waals surface area contributed by atoms with E-state index in [2.05, 4.69) is 10.0 Å². The average molecular weight is 235 g/mol. The third-order valence-electron chi connectivity index (χ3n) is 2.77. The fourth-order valence-electron chi connectivity index (χ4n) is 1.92. The Bertz CT molecular complexity index is 279. The molecule has 0 amide bonds. The van der Waals surface area contributed by atoms with Gasteiger partial charge in [-0.2, -0.15) is 12.7 Å². The Kier molecular flexibility index (Phi) is 4.98. The summed E-state index contributed by atoms with van der Waals surface area (Å²) in [4.78, 5) is 0. The maximum Gasteiger partial charge on any atom is 0.279 e. The fourth-order valence-corrected chi connectivity index (χ4v) is 3.10. The Hall–Kier alpha value is -0.170. The van der Waals surface area contributed by atoms with Crippen LogP contribution in [-0.2, 0) is 10.2 Å². The molecule has 1 aliphatic rings. The lowest BCUT2D eigenvalue weighted by molar-refractivity contribution is 0.244. The molecule has 0 spiro atoms. The third kappa shape index (κ3) is 3.41. The molecule has 0 aliphatic carbocycles. The van der Waals surface area contributed by atoms with Gasteiger partial charge in [0.15, 0.2) is 0 Å². The minimum absolute atomic E-state index is 0.108. The Morgan fingerprint density at radius 3 is 2.73 bits per heavy atom. The average Bonchev–Trinajstić information content (AvgIpc) is 2.26. The smallest absolute Gasteiger partial charge is 0.279 e. The normalized spacial score (nSPS) is 24.3. The van der Waals surface area contributed by atoms with E-state index >= 15 is 0 Å². The topological polar surface area (TPSA) is 61.4 Å². The molecule has 1 saturated heterocycles. The van der Waals surface area contributed by atoms with Gasteiger partial charge in [0.1, 0.15) is 0 Å². The molecule has 1 unspecified atom stereocenters. The Balaban J connectivity index is 2.65. The third-order valence-corrected chi connectivity index (χ3v) is 4.38. The van der Waals surface area contributed by atoms with Crippen molar-refractivity contribution < 1.29 is 8.42 Å². The number of piperidine rings is 1. The van der Waals surface area contributed by atoms with Crippen LogP contribution in [0.3, 0.4) is 0 Å². The standard InChI is InChI=1S/C9H21N3O2S/c1-3-11-8-9-6-4-5-7-12(9)15(13,14)10-2/h9-11H,3-8H2,1-2H3. The van der Waals surface area contributed by atoms with Gasteiger partial charge in [-0.05, 0) is 19.4 Å². The fraction of sp³-hybridized carbons (Fsp3) is 1.00. The lowest BCUT2D eigenvalue weighted by Crippen LogP contribution is -2.51. The molecule has 1 fully saturated rings. The van der Waals surface area contributed by atoms with E-state index in [4.69, 9.17) is 0 Å². The second kappa shape index (κ2) is 5.79. The lowest BCUT2D eigenvalue weighted by atomic mass is 10.1. The zero-order valence-corrected chi connectivity index (χ0v) is 10.3. The van der Waals surface area contributed by atoms with Gasteiger partial charge in [0.25, 0.3) is 10.2 Å². The number of nitrogens with one attached hydrogen (secondary N) is 2. The highest BCUT2D eigenvalue weighted by Crippen LogP contribution is 2.18. The predicted octanol–water partition coefficient (Wildman–Crippen LogP) is -0.0854. The van der Waals surface area contributed by atoms with Crippen LogP contribution in [0.5, 0.6) is 0 Å².